The maximum Gasteiger partial charge on any atom is 0.416 e. The summed E-state index contributed by atoms with van der Waals surface area (Å²) in [5.74, 6) is 1.04. The van der Waals surface area contributed by atoms with Crippen LogP contribution in [0.5, 0.6) is 5.75 Å². The lowest BCUT2D eigenvalue weighted by molar-refractivity contribution is -0.121. The molecule has 3 aromatic heterocycles. The Hall–Kier alpha value is -3.86. The number of anilines is 1. The van der Waals surface area contributed by atoms with Crippen molar-refractivity contribution < 1.29 is 19.1 Å². The van der Waals surface area contributed by atoms with E-state index in [-0.39, 0.29) is 42.6 Å². The summed E-state index contributed by atoms with van der Waals surface area (Å²) in [6, 6.07) is 6.74. The Morgan fingerprint density at radius 3 is 2.86 bits per heavy atom. The number of nitrogens with zero attached hydrogens (tertiary/aromatic N) is 5. The second kappa shape index (κ2) is 8.73. The van der Waals surface area contributed by atoms with Crippen LogP contribution >= 0.6 is 0 Å². The maximum absolute atomic E-state index is 12.7. The van der Waals surface area contributed by atoms with Crippen LogP contribution in [0.1, 0.15) is 25.0 Å². The Balaban J connectivity index is 1.10. The summed E-state index contributed by atoms with van der Waals surface area (Å²) in [6.45, 7) is 1.10. The first-order chi connectivity index (χ1) is 17.1. The number of ketones is 1. The number of ether oxygens (including phenoxy) is 2. The number of aromatic nitrogens is 4. The summed E-state index contributed by atoms with van der Waals surface area (Å²) in [4.78, 5) is 51.5. The van der Waals surface area contributed by atoms with Crippen molar-refractivity contribution >= 4 is 28.9 Å². The SMILES string of the molecule is O=C1COc2ccc(N3C(=O)O[C@H]4C[C@@H](NCCn5c(=O)ccc6nccnc65)CC[C@@H]43)nc2C1. The molecule has 0 radical (unpaired) electrons. The minimum absolute atomic E-state index is 0.0339. The predicted octanol–water partition coefficient (Wildman–Crippen LogP) is 1.23. The maximum atomic E-state index is 12.7. The highest BCUT2D eigenvalue weighted by atomic mass is 16.6. The van der Waals surface area contributed by atoms with Gasteiger partial charge in [-0.05, 0) is 31.0 Å². The van der Waals surface area contributed by atoms with E-state index < -0.39 is 6.09 Å². The third-order valence-electron chi connectivity index (χ3n) is 6.84. The fraction of sp³-hybridized carbons (Fsp3) is 0.417. The number of pyridine rings is 2. The summed E-state index contributed by atoms with van der Waals surface area (Å²) in [5, 5.41) is 3.50. The molecule has 6 rings (SSSR count). The van der Waals surface area contributed by atoms with E-state index >= 15 is 0 Å². The van der Waals surface area contributed by atoms with Crippen LogP contribution in [0, 0.1) is 0 Å². The first-order valence-corrected chi connectivity index (χ1v) is 11.7. The molecule has 2 fully saturated rings. The Morgan fingerprint density at radius 2 is 1.94 bits per heavy atom. The fourth-order valence-electron chi connectivity index (χ4n) is 5.18. The number of fused-ring (bicyclic) bond motifs is 3. The third-order valence-corrected chi connectivity index (χ3v) is 6.84. The highest BCUT2D eigenvalue weighted by Gasteiger charge is 2.46. The molecule has 35 heavy (non-hydrogen) atoms. The van der Waals surface area contributed by atoms with Crippen molar-refractivity contribution in [2.24, 2.45) is 0 Å². The predicted molar refractivity (Wildman–Crippen MR) is 124 cm³/mol. The van der Waals surface area contributed by atoms with Crippen LogP contribution in [0.15, 0.2) is 41.5 Å². The van der Waals surface area contributed by atoms with Crippen LogP contribution in [0.4, 0.5) is 10.6 Å². The zero-order valence-electron chi connectivity index (χ0n) is 18.9. The van der Waals surface area contributed by atoms with Crippen LogP contribution in [0.3, 0.4) is 0 Å². The van der Waals surface area contributed by atoms with Crippen molar-refractivity contribution in [3.63, 3.8) is 0 Å². The first kappa shape index (κ1) is 21.7. The van der Waals surface area contributed by atoms with Gasteiger partial charge in [0.2, 0.25) is 0 Å². The fourth-order valence-corrected chi connectivity index (χ4v) is 5.18. The van der Waals surface area contributed by atoms with Gasteiger partial charge in [0.1, 0.15) is 29.8 Å². The molecule has 11 heteroatoms. The molecule has 3 atom stereocenters. The lowest BCUT2D eigenvalue weighted by Crippen LogP contribution is -2.46. The molecule has 0 unspecified atom stereocenters. The van der Waals surface area contributed by atoms with Crippen molar-refractivity contribution in [1.29, 1.82) is 0 Å². The molecule has 2 aliphatic heterocycles. The van der Waals surface area contributed by atoms with E-state index in [1.165, 1.54) is 6.07 Å². The van der Waals surface area contributed by atoms with Crippen LogP contribution in [-0.4, -0.2) is 62.7 Å². The molecule has 11 nitrogen and oxygen atoms in total. The Morgan fingerprint density at radius 1 is 1.06 bits per heavy atom. The van der Waals surface area contributed by atoms with Gasteiger partial charge in [-0.25, -0.2) is 14.8 Å². The van der Waals surface area contributed by atoms with Gasteiger partial charge in [-0.15, -0.1) is 0 Å². The number of amides is 1. The van der Waals surface area contributed by atoms with E-state index in [9.17, 15) is 14.4 Å². The normalized spacial score (nSPS) is 23.5. The number of carbonyl (C=O) groups is 2. The van der Waals surface area contributed by atoms with Crippen LogP contribution < -0.4 is 20.5 Å². The van der Waals surface area contributed by atoms with Gasteiger partial charge in [0.15, 0.2) is 11.4 Å². The average molecular weight is 476 g/mol. The molecule has 5 heterocycles. The summed E-state index contributed by atoms with van der Waals surface area (Å²) < 4.78 is 12.7. The van der Waals surface area contributed by atoms with Gasteiger partial charge in [-0.3, -0.25) is 24.0 Å². The van der Waals surface area contributed by atoms with Gasteiger partial charge in [0.25, 0.3) is 5.56 Å². The van der Waals surface area contributed by atoms with Crippen LogP contribution in [0.25, 0.3) is 11.2 Å². The lowest BCUT2D eigenvalue weighted by Gasteiger charge is -2.33. The molecule has 0 bridgehead atoms. The van der Waals surface area contributed by atoms with E-state index in [2.05, 4.69) is 20.3 Å². The largest absolute Gasteiger partial charge is 0.484 e. The molecular weight excluding hydrogens is 452 g/mol. The molecule has 3 aromatic rings. The quantitative estimate of drug-likeness (QED) is 0.578. The van der Waals surface area contributed by atoms with Crippen molar-refractivity contribution in [3.8, 4) is 5.75 Å². The number of rotatable bonds is 5. The Labute approximate surface area is 200 Å². The van der Waals surface area contributed by atoms with Gasteiger partial charge in [0, 0.05) is 44.0 Å². The van der Waals surface area contributed by atoms with E-state index in [0.717, 1.165) is 12.8 Å². The monoisotopic (exact) mass is 476 g/mol. The van der Waals surface area contributed by atoms with E-state index in [0.29, 0.717) is 47.9 Å². The van der Waals surface area contributed by atoms with Gasteiger partial charge < -0.3 is 14.8 Å². The zero-order valence-corrected chi connectivity index (χ0v) is 18.9. The average Bonchev–Trinajstić information content (AvgIpc) is 3.19. The Bertz CT molecular complexity index is 1370. The highest BCUT2D eigenvalue weighted by molar-refractivity contribution is 5.90. The van der Waals surface area contributed by atoms with Gasteiger partial charge >= 0.3 is 6.09 Å². The molecule has 1 saturated heterocycles. The Kier molecular flexibility index (Phi) is 5.40. The standard InChI is InChI=1S/C24H24N6O5/c31-15-12-17-19(34-13-15)4-5-21(28-17)30-18-3-1-14(11-20(18)35-24(30)33)25-9-10-29-22(32)6-2-16-23(29)27-8-7-26-16/h2,4-8,14,18,20,25H,1,3,9-13H2/t14-,18-,20-/m0/s1. The summed E-state index contributed by atoms with van der Waals surface area (Å²) in [5.41, 5.74) is 1.68. The minimum Gasteiger partial charge on any atom is -0.484 e. The molecule has 180 valence electrons. The number of Topliss-reactive ketones (excluding diaryl/α,β-unsaturated/α-hetero) is 1. The van der Waals surface area contributed by atoms with Crippen molar-refractivity contribution in [2.75, 3.05) is 18.1 Å². The second-order valence-corrected chi connectivity index (χ2v) is 9.03. The van der Waals surface area contributed by atoms with Crippen molar-refractivity contribution in [1.82, 2.24) is 24.8 Å². The number of carbonyl (C=O) groups excluding carboxylic acids is 2. The second-order valence-electron chi connectivity index (χ2n) is 9.03. The molecule has 0 aromatic carbocycles. The van der Waals surface area contributed by atoms with Crippen molar-refractivity contribution in [3.05, 3.63) is 52.7 Å². The zero-order chi connectivity index (χ0) is 23.9. The van der Waals surface area contributed by atoms with Crippen molar-refractivity contribution in [2.45, 2.75) is 50.4 Å². The molecule has 3 aliphatic rings. The molecule has 1 N–H and O–H groups in total. The molecule has 1 amide bonds. The summed E-state index contributed by atoms with van der Waals surface area (Å²) in [6.07, 6.45) is 4.99. The molecule has 1 saturated carbocycles. The number of nitrogens with one attached hydrogen (secondary N) is 1. The van der Waals surface area contributed by atoms with E-state index in [1.54, 1.807) is 40.1 Å². The molecule has 1 aliphatic carbocycles. The first-order valence-electron chi connectivity index (χ1n) is 11.7. The molecule has 0 spiro atoms. The van der Waals surface area contributed by atoms with Gasteiger partial charge in [0.05, 0.1) is 18.2 Å². The number of hydrogen-bond acceptors (Lipinski definition) is 9. The topological polar surface area (TPSA) is 129 Å². The highest BCUT2D eigenvalue weighted by Crippen LogP contribution is 2.36. The minimum atomic E-state index is -0.419. The van der Waals surface area contributed by atoms with Crippen LogP contribution in [-0.2, 0) is 22.5 Å². The smallest absolute Gasteiger partial charge is 0.416 e. The van der Waals surface area contributed by atoms with Gasteiger partial charge in [-0.2, -0.15) is 0 Å². The van der Waals surface area contributed by atoms with Gasteiger partial charge in [-0.1, -0.05) is 0 Å². The third kappa shape index (κ3) is 4.01. The summed E-state index contributed by atoms with van der Waals surface area (Å²) in [7, 11) is 0. The van der Waals surface area contributed by atoms with E-state index in [1.807, 2.05) is 0 Å². The molecular formula is C24H24N6O5. The van der Waals surface area contributed by atoms with Crippen LogP contribution in [0.2, 0.25) is 0 Å². The van der Waals surface area contributed by atoms with E-state index in [4.69, 9.17) is 9.47 Å². The lowest BCUT2D eigenvalue weighted by atomic mass is 9.88. The summed E-state index contributed by atoms with van der Waals surface area (Å²) >= 11 is 0. The number of hydrogen-bond donors (Lipinski definition) is 1.